The van der Waals surface area contributed by atoms with Crippen molar-refractivity contribution in [3.8, 4) is 0 Å². The molecule has 1 aliphatic rings. The highest BCUT2D eigenvalue weighted by Gasteiger charge is 2.64. The van der Waals surface area contributed by atoms with Crippen molar-refractivity contribution in [2.75, 3.05) is 0 Å². The van der Waals surface area contributed by atoms with Gasteiger partial charge in [-0.3, -0.25) is 4.79 Å². The summed E-state index contributed by atoms with van der Waals surface area (Å²) in [5.41, 5.74) is 0. The van der Waals surface area contributed by atoms with Gasteiger partial charge < -0.3 is 9.84 Å². The Bertz CT molecular complexity index is 521. The maximum Gasteiger partial charge on any atom is 0.313 e. The minimum atomic E-state index is -1.75. The number of ether oxygens (including phenoxy) is 1. The van der Waals surface area contributed by atoms with Crippen LogP contribution < -0.4 is 0 Å². The Morgan fingerprint density at radius 1 is 1.00 bits per heavy atom. The Balaban J connectivity index is 2.48. The summed E-state index contributed by atoms with van der Waals surface area (Å²) in [4.78, 5) is 12.6. The fraction of sp³-hybridized carbons (Fsp3) is 0.800. The molecule has 29 heavy (non-hydrogen) atoms. The van der Waals surface area contributed by atoms with Crippen molar-refractivity contribution in [2.24, 2.45) is 0 Å². The first kappa shape index (κ1) is 26.2. The summed E-state index contributed by atoms with van der Waals surface area (Å²) < 4.78 is 5.60. The monoisotopic (exact) mass is 422 g/mol. The van der Waals surface area contributed by atoms with Gasteiger partial charge >= 0.3 is 5.97 Å². The molecule has 1 aliphatic heterocycles. The number of hydrogen-bond acceptors (Lipinski definition) is 3. The highest BCUT2D eigenvalue weighted by molar-refractivity contribution is 6.83. The van der Waals surface area contributed by atoms with Crippen molar-refractivity contribution in [3.05, 3.63) is 24.3 Å². The lowest BCUT2D eigenvalue weighted by atomic mass is 9.85. The fourth-order valence-corrected chi connectivity index (χ4v) is 7.15. The second-order valence-corrected chi connectivity index (χ2v) is 15.1. The highest BCUT2D eigenvalue weighted by Crippen LogP contribution is 2.56. The zero-order chi connectivity index (χ0) is 21.8. The summed E-state index contributed by atoms with van der Waals surface area (Å²) in [6.45, 7) is 11.3. The van der Waals surface area contributed by atoms with Crippen LogP contribution in [-0.2, 0) is 9.53 Å². The molecule has 0 amide bonds. The first-order valence-electron chi connectivity index (χ1n) is 12.0. The van der Waals surface area contributed by atoms with Gasteiger partial charge in [-0.25, -0.2) is 0 Å². The first-order chi connectivity index (χ1) is 13.8. The molecule has 0 radical (unpaired) electrons. The lowest BCUT2D eigenvalue weighted by Crippen LogP contribution is -2.63. The summed E-state index contributed by atoms with van der Waals surface area (Å²) in [7, 11) is -1.75. The van der Waals surface area contributed by atoms with E-state index in [9.17, 15) is 9.90 Å². The van der Waals surface area contributed by atoms with E-state index in [4.69, 9.17) is 4.74 Å². The third-order valence-corrected chi connectivity index (χ3v) is 9.85. The zero-order valence-electron chi connectivity index (χ0n) is 19.7. The molecule has 1 N–H and O–H groups in total. The van der Waals surface area contributed by atoms with Gasteiger partial charge in [-0.1, -0.05) is 96.3 Å². The van der Waals surface area contributed by atoms with Crippen molar-refractivity contribution >= 4 is 14.0 Å². The number of esters is 1. The lowest BCUT2D eigenvalue weighted by Gasteiger charge is -2.54. The van der Waals surface area contributed by atoms with Crippen LogP contribution in [0.3, 0.4) is 0 Å². The second kappa shape index (κ2) is 13.4. The van der Waals surface area contributed by atoms with Gasteiger partial charge in [0.05, 0.1) is 19.2 Å². The van der Waals surface area contributed by atoms with Gasteiger partial charge in [-0.05, 0) is 32.1 Å². The van der Waals surface area contributed by atoms with E-state index >= 15 is 0 Å². The Labute approximate surface area is 181 Å². The van der Waals surface area contributed by atoms with E-state index in [-0.39, 0.29) is 17.1 Å². The molecule has 3 atom stereocenters. The second-order valence-electron chi connectivity index (χ2n) is 9.73. The molecular formula is C25H46O3Si. The average molecular weight is 423 g/mol. The molecule has 0 saturated carbocycles. The molecule has 2 unspecified atom stereocenters. The van der Waals surface area contributed by atoms with Gasteiger partial charge in [0.15, 0.2) is 0 Å². The number of carbonyl (C=O) groups excluding carboxylic acids is 1. The van der Waals surface area contributed by atoms with Crippen LogP contribution in [0, 0.1) is 0 Å². The molecule has 0 bridgehead atoms. The number of rotatable bonds is 16. The third kappa shape index (κ3) is 8.05. The Morgan fingerprint density at radius 2 is 1.66 bits per heavy atom. The molecule has 3 nitrogen and oxygen atoms in total. The molecule has 168 valence electrons. The quantitative estimate of drug-likeness (QED) is 0.124. The van der Waals surface area contributed by atoms with E-state index in [1.54, 1.807) is 0 Å². The van der Waals surface area contributed by atoms with Crippen LogP contribution in [0.4, 0.5) is 0 Å². The standard InChI is InChI=1S/C25H46O3Si/c1-6-8-10-12-13-14-15-16-17-19-22(26)21-23-25(24(27)28-23,29(3,4)5)20-18-11-9-7-2/h13-14,16-17,22-23,26H,6-12,15,18-21H2,1-5H3/b14-13-,17-16-/t22-,23?,25?/m1/s1. The van der Waals surface area contributed by atoms with Crippen molar-refractivity contribution < 1.29 is 14.6 Å². The van der Waals surface area contributed by atoms with E-state index in [2.05, 4.69) is 57.8 Å². The van der Waals surface area contributed by atoms with Gasteiger partial charge in [0, 0.05) is 6.42 Å². The van der Waals surface area contributed by atoms with Crippen LogP contribution in [-0.4, -0.2) is 31.4 Å². The van der Waals surface area contributed by atoms with E-state index in [0.29, 0.717) is 12.8 Å². The molecule has 0 aromatic heterocycles. The summed E-state index contributed by atoms with van der Waals surface area (Å²) >= 11 is 0. The molecule has 1 rings (SSSR count). The molecular weight excluding hydrogens is 376 g/mol. The van der Waals surface area contributed by atoms with Crippen molar-refractivity contribution in [2.45, 2.75) is 128 Å². The number of aliphatic hydroxyl groups is 1. The van der Waals surface area contributed by atoms with Gasteiger partial charge in [0.2, 0.25) is 0 Å². The van der Waals surface area contributed by atoms with Crippen LogP contribution in [0.5, 0.6) is 0 Å². The molecule has 1 saturated heterocycles. The molecule has 0 aromatic rings. The summed E-state index contributed by atoms with van der Waals surface area (Å²) in [6, 6.07) is 0. The summed E-state index contributed by atoms with van der Waals surface area (Å²) in [6.07, 6.45) is 20.9. The highest BCUT2D eigenvalue weighted by atomic mass is 28.3. The maximum atomic E-state index is 12.6. The number of allylic oxidation sites excluding steroid dienone is 3. The number of aliphatic hydroxyl groups excluding tert-OH is 1. The maximum absolute atomic E-state index is 12.6. The van der Waals surface area contributed by atoms with Gasteiger partial charge in [0.1, 0.15) is 6.10 Å². The van der Waals surface area contributed by atoms with E-state index in [0.717, 1.165) is 25.7 Å². The van der Waals surface area contributed by atoms with E-state index in [1.165, 1.54) is 38.5 Å². The predicted molar refractivity (Wildman–Crippen MR) is 127 cm³/mol. The molecule has 0 aromatic carbocycles. The number of carbonyl (C=O) groups is 1. The van der Waals surface area contributed by atoms with Gasteiger partial charge in [0.25, 0.3) is 0 Å². The minimum Gasteiger partial charge on any atom is -0.461 e. The predicted octanol–water partition coefficient (Wildman–Crippen LogP) is 7.18. The van der Waals surface area contributed by atoms with Crippen molar-refractivity contribution in [1.82, 2.24) is 0 Å². The van der Waals surface area contributed by atoms with Crippen LogP contribution >= 0.6 is 0 Å². The SMILES string of the molecule is CCCCC/C=C\C/C=C\C[C@@H](O)CC1OC(=O)C1(CCCCCC)[Si](C)(C)C. The lowest BCUT2D eigenvalue weighted by molar-refractivity contribution is -0.186. The fourth-order valence-electron chi connectivity index (χ4n) is 4.41. The largest absolute Gasteiger partial charge is 0.461 e. The summed E-state index contributed by atoms with van der Waals surface area (Å²) in [5, 5.41) is 10.2. The third-order valence-electron chi connectivity index (χ3n) is 6.40. The number of hydrogen-bond donors (Lipinski definition) is 1. The van der Waals surface area contributed by atoms with Crippen molar-refractivity contribution in [3.63, 3.8) is 0 Å². The molecule has 0 spiro atoms. The average Bonchev–Trinajstić information content (AvgIpc) is 2.65. The molecule has 1 fully saturated rings. The summed E-state index contributed by atoms with van der Waals surface area (Å²) in [5.74, 6) is -0.00545. The Hall–Kier alpha value is -0.873. The van der Waals surface area contributed by atoms with Crippen LogP contribution in [0.1, 0.15) is 90.9 Å². The number of cyclic esters (lactones) is 1. The molecule has 4 heteroatoms. The Kier molecular flexibility index (Phi) is 12.1. The van der Waals surface area contributed by atoms with Gasteiger partial charge in [-0.15, -0.1) is 0 Å². The molecule has 1 heterocycles. The van der Waals surface area contributed by atoms with E-state index < -0.39 is 14.2 Å². The van der Waals surface area contributed by atoms with Crippen LogP contribution in [0.2, 0.25) is 24.7 Å². The van der Waals surface area contributed by atoms with Gasteiger partial charge in [-0.2, -0.15) is 0 Å². The number of unbranched alkanes of at least 4 members (excludes halogenated alkanes) is 6. The minimum absolute atomic E-state index is 0.00545. The van der Waals surface area contributed by atoms with E-state index in [1.807, 2.05) is 0 Å². The normalized spacial score (nSPS) is 23.5. The van der Waals surface area contributed by atoms with Crippen LogP contribution in [0.25, 0.3) is 0 Å². The topological polar surface area (TPSA) is 46.5 Å². The molecule has 0 aliphatic carbocycles. The van der Waals surface area contributed by atoms with Crippen LogP contribution in [0.15, 0.2) is 24.3 Å². The Morgan fingerprint density at radius 3 is 2.28 bits per heavy atom. The van der Waals surface area contributed by atoms with Crippen molar-refractivity contribution in [1.29, 1.82) is 0 Å². The zero-order valence-corrected chi connectivity index (χ0v) is 20.7. The smallest absolute Gasteiger partial charge is 0.313 e. The first-order valence-corrected chi connectivity index (χ1v) is 15.5.